The van der Waals surface area contributed by atoms with Gasteiger partial charge in [-0.05, 0) is 55.3 Å². The highest BCUT2D eigenvalue weighted by atomic mass is 32.1. The maximum atomic E-state index is 12.9. The number of nitro benzene ring substituents is 1. The summed E-state index contributed by atoms with van der Waals surface area (Å²) in [6.45, 7) is 0.915. The van der Waals surface area contributed by atoms with Crippen molar-refractivity contribution in [3.63, 3.8) is 0 Å². The lowest BCUT2D eigenvalue weighted by Gasteiger charge is -2.21. The zero-order valence-corrected chi connectivity index (χ0v) is 18.5. The van der Waals surface area contributed by atoms with Gasteiger partial charge in [-0.15, -0.1) is 0 Å². The van der Waals surface area contributed by atoms with Gasteiger partial charge < -0.3 is 25.2 Å². The van der Waals surface area contributed by atoms with Crippen molar-refractivity contribution in [3.05, 3.63) is 51.0 Å². The second kappa shape index (κ2) is 10.9. The number of nitrogens with zero attached hydrogens (tertiary/aromatic N) is 2. The number of amides is 1. The van der Waals surface area contributed by atoms with E-state index in [2.05, 4.69) is 15.6 Å². The van der Waals surface area contributed by atoms with Crippen LogP contribution in [0.25, 0.3) is 0 Å². The Kier molecular flexibility index (Phi) is 7.97. The quantitative estimate of drug-likeness (QED) is 0.213. The third-order valence-corrected chi connectivity index (χ3v) is 5.98. The van der Waals surface area contributed by atoms with Crippen molar-refractivity contribution < 1.29 is 33.9 Å². The fourth-order valence-electron chi connectivity index (χ4n) is 3.12. The standard InChI is InChI=1S/C19H18N4O8S2/c24-15(22-18-21-8-13(33-18)16(25)26)14(11-5-6-20-7-11)17(32)31-19(27)30-9-10-1-3-12(4-2-10)23(28)29/h1-4,8,11,14,20H,5-7,9H2,(H,25,26)(H,21,22,24). The number of hydrogen-bond donors (Lipinski definition) is 3. The van der Waals surface area contributed by atoms with Gasteiger partial charge in [0.05, 0.1) is 11.1 Å². The van der Waals surface area contributed by atoms with E-state index in [4.69, 9.17) is 26.8 Å². The Labute approximate surface area is 196 Å². The summed E-state index contributed by atoms with van der Waals surface area (Å²) in [5, 5.41) is 25.1. The Balaban J connectivity index is 1.60. The first-order chi connectivity index (χ1) is 15.7. The Bertz CT molecular complexity index is 1070. The number of carbonyl (C=O) groups is 3. The first-order valence-corrected chi connectivity index (χ1v) is 10.8. The number of thiazole rings is 1. The second-order valence-corrected chi connectivity index (χ2v) is 8.37. The molecular formula is C19H18N4O8S2. The molecule has 2 atom stereocenters. The van der Waals surface area contributed by atoms with Crippen LogP contribution in [0.4, 0.5) is 15.6 Å². The van der Waals surface area contributed by atoms with Gasteiger partial charge in [-0.1, -0.05) is 11.3 Å². The van der Waals surface area contributed by atoms with Crippen LogP contribution in [0.1, 0.15) is 21.7 Å². The van der Waals surface area contributed by atoms with Gasteiger partial charge in [0, 0.05) is 12.1 Å². The van der Waals surface area contributed by atoms with Crippen LogP contribution in [0.5, 0.6) is 0 Å². The van der Waals surface area contributed by atoms with E-state index >= 15 is 0 Å². The van der Waals surface area contributed by atoms with E-state index in [0.29, 0.717) is 25.1 Å². The van der Waals surface area contributed by atoms with Crippen LogP contribution in [0.3, 0.4) is 0 Å². The predicted octanol–water partition coefficient (Wildman–Crippen LogP) is 2.59. The van der Waals surface area contributed by atoms with Gasteiger partial charge in [0.2, 0.25) is 5.91 Å². The number of carboxylic acid groups (broad SMARTS) is 1. The number of carboxylic acids is 1. The number of ether oxygens (including phenoxy) is 2. The molecule has 0 spiro atoms. The maximum absolute atomic E-state index is 12.9. The third-order valence-electron chi connectivity index (χ3n) is 4.74. The molecule has 33 heavy (non-hydrogen) atoms. The first kappa shape index (κ1) is 24.2. The first-order valence-electron chi connectivity index (χ1n) is 9.57. The fourth-order valence-corrected chi connectivity index (χ4v) is 4.15. The van der Waals surface area contributed by atoms with Crippen LogP contribution in [0.15, 0.2) is 30.5 Å². The van der Waals surface area contributed by atoms with Crippen molar-refractivity contribution in [2.24, 2.45) is 11.8 Å². The monoisotopic (exact) mass is 494 g/mol. The minimum Gasteiger partial charge on any atom is -0.477 e. The van der Waals surface area contributed by atoms with Gasteiger partial charge in [-0.2, -0.15) is 0 Å². The average molecular weight is 495 g/mol. The highest BCUT2D eigenvalue weighted by Crippen LogP contribution is 2.25. The molecule has 0 radical (unpaired) electrons. The number of non-ortho nitro benzene ring substituents is 1. The highest BCUT2D eigenvalue weighted by molar-refractivity contribution is 7.80. The van der Waals surface area contributed by atoms with E-state index in [-0.39, 0.29) is 33.3 Å². The van der Waals surface area contributed by atoms with E-state index in [1.54, 1.807) is 0 Å². The molecule has 1 amide bonds. The molecule has 1 aliphatic heterocycles. The summed E-state index contributed by atoms with van der Waals surface area (Å²) in [4.78, 5) is 50.0. The number of thiocarbonyl (C=S) groups is 1. The average Bonchev–Trinajstić information content (AvgIpc) is 3.45. The van der Waals surface area contributed by atoms with Crippen LogP contribution in [-0.2, 0) is 20.9 Å². The second-order valence-electron chi connectivity index (χ2n) is 6.94. The molecule has 174 valence electrons. The SMILES string of the molecule is O=C(OCc1ccc([N+](=O)[O-])cc1)OC(=S)C(C(=O)Nc1ncc(C(=O)O)s1)C1CCNC1. The number of carbonyl (C=O) groups excluding carboxylic acids is 2. The van der Waals surface area contributed by atoms with Crippen molar-refractivity contribution in [1.29, 1.82) is 0 Å². The molecule has 1 saturated heterocycles. The Morgan fingerprint density at radius 1 is 1.36 bits per heavy atom. The lowest BCUT2D eigenvalue weighted by atomic mass is 9.91. The largest absolute Gasteiger partial charge is 0.514 e. The number of aromatic carboxylic acids is 1. The van der Waals surface area contributed by atoms with Gasteiger partial charge in [0.1, 0.15) is 17.4 Å². The van der Waals surface area contributed by atoms with Crippen molar-refractivity contribution in [2.75, 3.05) is 18.4 Å². The van der Waals surface area contributed by atoms with Crippen LogP contribution in [-0.4, -0.2) is 51.2 Å². The number of hydrogen-bond acceptors (Lipinski definition) is 11. The number of rotatable bonds is 8. The van der Waals surface area contributed by atoms with Gasteiger partial charge >= 0.3 is 12.1 Å². The van der Waals surface area contributed by atoms with E-state index in [0.717, 1.165) is 17.5 Å². The summed E-state index contributed by atoms with van der Waals surface area (Å²) in [5.41, 5.74) is 0.396. The molecule has 0 saturated carbocycles. The lowest BCUT2D eigenvalue weighted by Crippen LogP contribution is -2.37. The van der Waals surface area contributed by atoms with Crippen LogP contribution in [0, 0.1) is 22.0 Å². The molecule has 1 fully saturated rings. The van der Waals surface area contributed by atoms with Crippen LogP contribution < -0.4 is 10.6 Å². The summed E-state index contributed by atoms with van der Waals surface area (Å²) in [7, 11) is 0. The molecule has 3 N–H and O–H groups in total. The van der Waals surface area contributed by atoms with E-state index in [9.17, 15) is 24.5 Å². The molecule has 3 rings (SSSR count). The topological polar surface area (TPSA) is 170 Å². The summed E-state index contributed by atoms with van der Waals surface area (Å²) in [5.74, 6) is -2.99. The lowest BCUT2D eigenvalue weighted by molar-refractivity contribution is -0.384. The number of benzene rings is 1. The minimum absolute atomic E-state index is 0.0435. The van der Waals surface area contributed by atoms with Gasteiger partial charge in [0.15, 0.2) is 10.2 Å². The van der Waals surface area contributed by atoms with Gasteiger partial charge in [-0.25, -0.2) is 14.6 Å². The molecule has 2 aromatic rings. The zero-order valence-electron chi connectivity index (χ0n) is 16.9. The fraction of sp³-hybridized carbons (Fsp3) is 0.316. The molecule has 1 aromatic heterocycles. The molecule has 2 heterocycles. The number of nitrogens with one attached hydrogen (secondary N) is 2. The van der Waals surface area contributed by atoms with Gasteiger partial charge in [0.25, 0.3) is 5.69 Å². The van der Waals surface area contributed by atoms with Crippen molar-refractivity contribution in [1.82, 2.24) is 10.3 Å². The molecule has 2 unspecified atom stereocenters. The normalized spacial score (nSPS) is 15.9. The predicted molar refractivity (Wildman–Crippen MR) is 119 cm³/mol. The molecule has 0 aliphatic carbocycles. The minimum atomic E-state index is -1.17. The van der Waals surface area contributed by atoms with Crippen molar-refractivity contribution in [2.45, 2.75) is 13.0 Å². The van der Waals surface area contributed by atoms with E-state index < -0.39 is 28.9 Å². The molecule has 1 aliphatic rings. The Morgan fingerprint density at radius 3 is 2.67 bits per heavy atom. The summed E-state index contributed by atoms with van der Waals surface area (Å²) < 4.78 is 10.1. The third kappa shape index (κ3) is 6.50. The number of aromatic nitrogens is 1. The summed E-state index contributed by atoms with van der Waals surface area (Å²) in [6.07, 6.45) is 0.612. The van der Waals surface area contributed by atoms with Crippen LogP contribution >= 0.6 is 23.6 Å². The summed E-state index contributed by atoms with van der Waals surface area (Å²) >= 11 is 5.99. The highest BCUT2D eigenvalue weighted by Gasteiger charge is 2.37. The molecule has 1 aromatic carbocycles. The zero-order chi connectivity index (χ0) is 24.0. The Hall–Kier alpha value is -3.49. The Morgan fingerprint density at radius 2 is 2.09 bits per heavy atom. The van der Waals surface area contributed by atoms with Crippen molar-refractivity contribution in [3.8, 4) is 0 Å². The van der Waals surface area contributed by atoms with E-state index in [1.807, 2.05) is 0 Å². The molecular weight excluding hydrogens is 476 g/mol. The summed E-state index contributed by atoms with van der Waals surface area (Å²) in [6, 6.07) is 5.42. The van der Waals surface area contributed by atoms with Crippen molar-refractivity contribution >= 4 is 57.5 Å². The molecule has 14 heteroatoms. The smallest absolute Gasteiger partial charge is 0.477 e. The van der Waals surface area contributed by atoms with E-state index in [1.165, 1.54) is 24.3 Å². The maximum Gasteiger partial charge on any atom is 0.514 e. The number of nitro groups is 1. The number of anilines is 1. The van der Waals surface area contributed by atoms with Crippen LogP contribution in [0.2, 0.25) is 0 Å². The molecule has 0 bridgehead atoms. The molecule has 12 nitrogen and oxygen atoms in total. The van der Waals surface area contributed by atoms with Gasteiger partial charge in [-0.3, -0.25) is 14.9 Å².